The Bertz CT molecular complexity index is 743. The lowest BCUT2D eigenvalue weighted by atomic mass is 9.95. The molecule has 126 valence electrons. The van der Waals surface area contributed by atoms with E-state index in [1.165, 1.54) is 14.0 Å². The summed E-state index contributed by atoms with van der Waals surface area (Å²) < 4.78 is 5.02. The molecule has 0 unspecified atom stereocenters. The predicted octanol–water partition coefficient (Wildman–Crippen LogP) is 2.98. The molecule has 2 heterocycles. The molecule has 1 amide bonds. The highest BCUT2D eigenvalue weighted by molar-refractivity contribution is 7.08. The SMILES string of the molecule is COC(=O)[C@H](c1ccsc1)N1CCc2c(cccc2NC(C)=O)C1. The van der Waals surface area contributed by atoms with Gasteiger partial charge in [-0.15, -0.1) is 0 Å². The Morgan fingerprint density at radius 2 is 2.17 bits per heavy atom. The third-order valence-electron chi connectivity index (χ3n) is 4.25. The average molecular weight is 344 g/mol. The number of rotatable bonds is 4. The smallest absolute Gasteiger partial charge is 0.327 e. The highest BCUT2D eigenvalue weighted by Crippen LogP contribution is 2.32. The monoisotopic (exact) mass is 344 g/mol. The zero-order chi connectivity index (χ0) is 17.1. The van der Waals surface area contributed by atoms with Crippen molar-refractivity contribution >= 4 is 28.9 Å². The van der Waals surface area contributed by atoms with E-state index in [0.29, 0.717) is 6.54 Å². The van der Waals surface area contributed by atoms with Crippen LogP contribution >= 0.6 is 11.3 Å². The normalized spacial score (nSPS) is 15.4. The van der Waals surface area contributed by atoms with E-state index in [4.69, 9.17) is 4.74 Å². The molecular weight excluding hydrogens is 324 g/mol. The molecule has 24 heavy (non-hydrogen) atoms. The van der Waals surface area contributed by atoms with Crippen LogP contribution < -0.4 is 5.32 Å². The Hall–Kier alpha value is -2.18. The molecule has 0 aliphatic carbocycles. The summed E-state index contributed by atoms with van der Waals surface area (Å²) in [5.41, 5.74) is 4.12. The van der Waals surface area contributed by atoms with E-state index in [0.717, 1.165) is 35.3 Å². The number of ether oxygens (including phenoxy) is 1. The number of fused-ring (bicyclic) bond motifs is 1. The van der Waals surface area contributed by atoms with Gasteiger partial charge in [0.1, 0.15) is 6.04 Å². The number of nitrogens with one attached hydrogen (secondary N) is 1. The van der Waals surface area contributed by atoms with E-state index in [1.807, 2.05) is 29.0 Å². The number of carbonyl (C=O) groups excluding carboxylic acids is 2. The quantitative estimate of drug-likeness (QED) is 0.867. The highest BCUT2D eigenvalue weighted by Gasteiger charge is 2.32. The predicted molar refractivity (Wildman–Crippen MR) is 93.9 cm³/mol. The van der Waals surface area contributed by atoms with Crippen LogP contribution in [0.25, 0.3) is 0 Å². The van der Waals surface area contributed by atoms with Gasteiger partial charge in [-0.2, -0.15) is 11.3 Å². The number of hydrogen-bond acceptors (Lipinski definition) is 5. The second-order valence-corrected chi connectivity index (χ2v) is 6.61. The second-order valence-electron chi connectivity index (χ2n) is 5.83. The van der Waals surface area contributed by atoms with Gasteiger partial charge >= 0.3 is 5.97 Å². The first-order chi connectivity index (χ1) is 11.6. The van der Waals surface area contributed by atoms with Crippen molar-refractivity contribution in [3.05, 3.63) is 51.7 Å². The standard InChI is InChI=1S/C18H20N2O3S/c1-12(21)19-16-5-3-4-13-10-20(8-6-15(13)16)17(18(22)23-2)14-7-9-24-11-14/h3-5,7,9,11,17H,6,8,10H2,1-2H3,(H,19,21)/t17-/m0/s1. The zero-order valence-electron chi connectivity index (χ0n) is 13.7. The van der Waals surface area contributed by atoms with Gasteiger partial charge in [0.25, 0.3) is 0 Å². The van der Waals surface area contributed by atoms with Crippen molar-refractivity contribution in [3.63, 3.8) is 0 Å². The molecule has 0 saturated carbocycles. The first kappa shape index (κ1) is 16.7. The minimum absolute atomic E-state index is 0.0726. The zero-order valence-corrected chi connectivity index (χ0v) is 14.6. The lowest BCUT2D eigenvalue weighted by molar-refractivity contribution is -0.147. The molecule has 1 aliphatic heterocycles. The summed E-state index contributed by atoms with van der Waals surface area (Å²) >= 11 is 1.57. The van der Waals surface area contributed by atoms with Crippen LogP contribution in [0.4, 0.5) is 5.69 Å². The van der Waals surface area contributed by atoms with Crippen LogP contribution in [0, 0.1) is 0 Å². The fraction of sp³-hybridized carbons (Fsp3) is 0.333. The molecule has 0 spiro atoms. The van der Waals surface area contributed by atoms with E-state index in [9.17, 15) is 9.59 Å². The van der Waals surface area contributed by atoms with Crippen molar-refractivity contribution in [2.75, 3.05) is 19.0 Å². The summed E-state index contributed by atoms with van der Waals surface area (Å²) in [6, 6.07) is 7.49. The van der Waals surface area contributed by atoms with Crippen molar-refractivity contribution in [2.24, 2.45) is 0 Å². The van der Waals surface area contributed by atoms with Gasteiger partial charge in [-0.05, 0) is 46.0 Å². The van der Waals surface area contributed by atoms with Crippen molar-refractivity contribution in [3.8, 4) is 0 Å². The number of carbonyl (C=O) groups is 2. The van der Waals surface area contributed by atoms with Crippen molar-refractivity contribution in [2.45, 2.75) is 25.9 Å². The fourth-order valence-electron chi connectivity index (χ4n) is 3.20. The molecule has 1 aromatic heterocycles. The molecule has 0 radical (unpaired) electrons. The number of esters is 1. The summed E-state index contributed by atoms with van der Waals surface area (Å²) in [5.74, 6) is -0.314. The maximum absolute atomic E-state index is 12.3. The highest BCUT2D eigenvalue weighted by atomic mass is 32.1. The van der Waals surface area contributed by atoms with Crippen LogP contribution in [-0.2, 0) is 27.3 Å². The number of benzene rings is 1. The third kappa shape index (κ3) is 3.34. The maximum atomic E-state index is 12.3. The van der Waals surface area contributed by atoms with E-state index in [1.54, 1.807) is 11.3 Å². The molecule has 0 saturated heterocycles. The Morgan fingerprint density at radius 1 is 1.33 bits per heavy atom. The van der Waals surface area contributed by atoms with Gasteiger partial charge in [-0.1, -0.05) is 12.1 Å². The topological polar surface area (TPSA) is 58.6 Å². The van der Waals surface area contributed by atoms with Crippen LogP contribution in [0.2, 0.25) is 0 Å². The molecule has 2 aromatic rings. The van der Waals surface area contributed by atoms with Crippen LogP contribution in [0.1, 0.15) is 29.7 Å². The minimum atomic E-state index is -0.390. The van der Waals surface area contributed by atoms with Crippen LogP contribution in [0.3, 0.4) is 0 Å². The largest absolute Gasteiger partial charge is 0.468 e. The number of anilines is 1. The van der Waals surface area contributed by atoms with E-state index in [-0.39, 0.29) is 17.9 Å². The molecule has 1 atom stereocenters. The van der Waals surface area contributed by atoms with Gasteiger partial charge < -0.3 is 10.1 Å². The van der Waals surface area contributed by atoms with Crippen molar-refractivity contribution in [1.82, 2.24) is 4.90 Å². The van der Waals surface area contributed by atoms with Crippen LogP contribution in [0.15, 0.2) is 35.0 Å². The molecule has 1 N–H and O–H groups in total. The Balaban J connectivity index is 1.88. The maximum Gasteiger partial charge on any atom is 0.327 e. The Labute approximate surface area is 145 Å². The first-order valence-electron chi connectivity index (χ1n) is 7.82. The molecule has 1 aliphatic rings. The fourth-order valence-corrected chi connectivity index (χ4v) is 3.88. The minimum Gasteiger partial charge on any atom is -0.468 e. The Kier molecular flexibility index (Phi) is 4.97. The summed E-state index contributed by atoms with van der Waals surface area (Å²) in [6.45, 7) is 2.90. The molecule has 0 bridgehead atoms. The van der Waals surface area contributed by atoms with Crippen LogP contribution in [0.5, 0.6) is 0 Å². The van der Waals surface area contributed by atoms with Crippen LogP contribution in [-0.4, -0.2) is 30.4 Å². The lowest BCUT2D eigenvalue weighted by Crippen LogP contribution is -2.38. The summed E-state index contributed by atoms with van der Waals surface area (Å²) in [5, 5.41) is 6.85. The number of thiophene rings is 1. The van der Waals surface area contributed by atoms with Crippen molar-refractivity contribution < 1.29 is 14.3 Å². The summed E-state index contributed by atoms with van der Waals surface area (Å²) in [4.78, 5) is 25.8. The number of hydrogen-bond donors (Lipinski definition) is 1. The molecule has 5 nitrogen and oxygen atoms in total. The van der Waals surface area contributed by atoms with E-state index < -0.39 is 0 Å². The molecule has 0 fully saturated rings. The van der Waals surface area contributed by atoms with Gasteiger partial charge in [0, 0.05) is 25.7 Å². The van der Waals surface area contributed by atoms with E-state index in [2.05, 4.69) is 16.3 Å². The first-order valence-corrected chi connectivity index (χ1v) is 8.76. The van der Waals surface area contributed by atoms with Gasteiger partial charge in [-0.3, -0.25) is 9.69 Å². The Morgan fingerprint density at radius 3 is 2.83 bits per heavy atom. The molecule has 3 rings (SSSR count). The second kappa shape index (κ2) is 7.15. The van der Waals surface area contributed by atoms with Gasteiger partial charge in [-0.25, -0.2) is 4.79 Å². The number of amides is 1. The van der Waals surface area contributed by atoms with E-state index >= 15 is 0 Å². The van der Waals surface area contributed by atoms with Gasteiger partial charge in [0.05, 0.1) is 7.11 Å². The molecule has 1 aromatic carbocycles. The molecular formula is C18H20N2O3S. The van der Waals surface area contributed by atoms with Crippen molar-refractivity contribution in [1.29, 1.82) is 0 Å². The van der Waals surface area contributed by atoms with Gasteiger partial charge in [0.2, 0.25) is 5.91 Å². The average Bonchev–Trinajstić information content (AvgIpc) is 3.08. The number of nitrogens with zero attached hydrogens (tertiary/aromatic N) is 1. The summed E-state index contributed by atoms with van der Waals surface area (Å²) in [6.07, 6.45) is 0.781. The number of methoxy groups -OCH3 is 1. The third-order valence-corrected chi connectivity index (χ3v) is 4.96. The van der Waals surface area contributed by atoms with Gasteiger partial charge in [0.15, 0.2) is 0 Å². The summed E-state index contributed by atoms with van der Waals surface area (Å²) in [7, 11) is 1.43. The lowest BCUT2D eigenvalue weighted by Gasteiger charge is -2.34. The molecule has 6 heteroatoms.